The Morgan fingerprint density at radius 2 is 0.513 bits per heavy atom. The fourth-order valence-corrected chi connectivity index (χ4v) is 7.52. The Hall–Kier alpha value is -5.23. The number of unbranched alkanes of at least 4 members (excludes halogenated alkanes) is 13. The molecule has 424 valence electrons. The summed E-state index contributed by atoms with van der Waals surface area (Å²) in [6.45, 7) is 6.30. The maximum Gasteiger partial charge on any atom is 0.306 e. The molecule has 6 nitrogen and oxygen atoms in total. The van der Waals surface area contributed by atoms with Crippen molar-refractivity contribution in [1.82, 2.24) is 0 Å². The molecular weight excluding hydrogens is 937 g/mol. The molecule has 0 heterocycles. The van der Waals surface area contributed by atoms with E-state index < -0.39 is 6.10 Å². The van der Waals surface area contributed by atoms with Crippen LogP contribution in [-0.4, -0.2) is 37.2 Å². The zero-order chi connectivity index (χ0) is 55.0. The van der Waals surface area contributed by atoms with Crippen LogP contribution in [0.4, 0.5) is 0 Å². The first kappa shape index (κ1) is 70.8. The average molecular weight is 1050 g/mol. The second kappa shape index (κ2) is 62.3. The van der Waals surface area contributed by atoms with Gasteiger partial charge in [-0.2, -0.15) is 0 Å². The lowest BCUT2D eigenvalue weighted by Crippen LogP contribution is -2.30. The number of esters is 3. The number of hydrogen-bond donors (Lipinski definition) is 0. The monoisotopic (exact) mass is 1040 g/mol. The van der Waals surface area contributed by atoms with Crippen molar-refractivity contribution in [1.29, 1.82) is 0 Å². The Bertz CT molecular complexity index is 1770. The number of carbonyl (C=O) groups is 3. The summed E-state index contributed by atoms with van der Waals surface area (Å²) in [6, 6.07) is 0. The molecule has 0 saturated heterocycles. The van der Waals surface area contributed by atoms with Gasteiger partial charge in [0.25, 0.3) is 0 Å². The Balaban J connectivity index is 4.34. The molecule has 76 heavy (non-hydrogen) atoms. The highest BCUT2D eigenvalue weighted by Crippen LogP contribution is 2.13. The topological polar surface area (TPSA) is 78.9 Å². The van der Waals surface area contributed by atoms with Crippen LogP contribution in [-0.2, 0) is 28.6 Å². The third-order valence-electron chi connectivity index (χ3n) is 12.0. The lowest BCUT2D eigenvalue weighted by molar-refractivity contribution is -0.167. The third-order valence-corrected chi connectivity index (χ3v) is 12.0. The Labute approximate surface area is 466 Å². The van der Waals surface area contributed by atoms with Crippen molar-refractivity contribution >= 4 is 17.9 Å². The standard InChI is InChI=1S/C70H108O6/c1-4-7-10-13-16-19-21-23-25-27-28-29-30-31-32-33-34-35-36-37-38-39-40-41-42-44-45-47-49-51-54-57-60-63-69(72)75-66-67(65-74-68(71)62-59-56-53-18-15-12-9-6-3)76-70(73)64-61-58-55-52-50-48-46-43-26-24-22-20-17-14-11-8-5-2/h7-8,10-11,16-17,19-20,23-26,28-29,31-32,34-35,37-38,40-41,44-46,48-49,51,67H,4-6,9,12-15,18,21-22,27,30,33,36,39,42-43,47,50,52-66H2,1-3H3/b10-7-,11-8-,19-16-,20-17-,25-23-,26-24-,29-28-,32-31-,35-34-,38-37-,41-40-,45-44-,48-46-,51-49-. The molecule has 0 aromatic carbocycles. The molecule has 0 spiro atoms. The zero-order valence-electron chi connectivity index (χ0n) is 48.4. The number of ether oxygens (including phenoxy) is 3. The SMILES string of the molecule is CC/C=C\C/C=C\C/C=C\C/C=C\C/C=C\C/C=C\C/C=C\C/C=C\C/C=C\C/C=C\CCCCC(=O)OCC(COC(=O)CCCCCCCCCC)OC(=O)CCCCCC/C=C\C/C=C\C/C=C\C/C=C\CC. The van der Waals surface area contributed by atoms with Crippen molar-refractivity contribution in [3.63, 3.8) is 0 Å². The van der Waals surface area contributed by atoms with Crippen molar-refractivity contribution in [2.45, 2.75) is 239 Å². The second-order valence-electron chi connectivity index (χ2n) is 19.1. The summed E-state index contributed by atoms with van der Waals surface area (Å²) >= 11 is 0. The molecular formula is C70H108O6. The normalized spacial score (nSPS) is 13.4. The average Bonchev–Trinajstić information content (AvgIpc) is 3.42. The molecule has 0 N–H and O–H groups in total. The van der Waals surface area contributed by atoms with Crippen molar-refractivity contribution in [3.05, 3.63) is 170 Å². The van der Waals surface area contributed by atoms with Crippen molar-refractivity contribution in [2.75, 3.05) is 13.2 Å². The van der Waals surface area contributed by atoms with E-state index in [0.717, 1.165) is 154 Å². The molecule has 0 aromatic heterocycles. The van der Waals surface area contributed by atoms with Crippen molar-refractivity contribution < 1.29 is 28.6 Å². The van der Waals surface area contributed by atoms with Gasteiger partial charge in [0.2, 0.25) is 0 Å². The van der Waals surface area contributed by atoms with E-state index in [1.165, 1.54) is 32.1 Å². The summed E-state index contributed by atoms with van der Waals surface area (Å²) in [5.41, 5.74) is 0. The maximum absolute atomic E-state index is 12.8. The van der Waals surface area contributed by atoms with E-state index in [2.05, 4.69) is 191 Å². The zero-order valence-corrected chi connectivity index (χ0v) is 48.4. The molecule has 6 heteroatoms. The molecule has 0 aliphatic carbocycles. The van der Waals surface area contributed by atoms with Crippen molar-refractivity contribution in [2.24, 2.45) is 0 Å². The number of allylic oxidation sites excluding steroid dienone is 28. The molecule has 0 aromatic rings. The minimum atomic E-state index is -0.815. The van der Waals surface area contributed by atoms with Gasteiger partial charge in [0, 0.05) is 19.3 Å². The fraction of sp³-hybridized carbons (Fsp3) is 0.557. The van der Waals surface area contributed by atoms with Crippen LogP contribution in [0, 0.1) is 0 Å². The number of rotatable bonds is 52. The number of carbonyl (C=O) groups excluding carboxylic acids is 3. The van der Waals surface area contributed by atoms with E-state index in [0.29, 0.717) is 12.8 Å². The highest BCUT2D eigenvalue weighted by atomic mass is 16.6. The van der Waals surface area contributed by atoms with E-state index in [1.807, 2.05) is 0 Å². The lowest BCUT2D eigenvalue weighted by atomic mass is 10.1. The van der Waals surface area contributed by atoms with E-state index in [1.54, 1.807) is 0 Å². The minimum absolute atomic E-state index is 0.108. The van der Waals surface area contributed by atoms with Crippen LogP contribution in [0.3, 0.4) is 0 Å². The molecule has 0 aliphatic rings. The van der Waals surface area contributed by atoms with E-state index >= 15 is 0 Å². The van der Waals surface area contributed by atoms with Gasteiger partial charge in [0.1, 0.15) is 13.2 Å². The summed E-state index contributed by atoms with van der Waals surface area (Å²) in [6.07, 6.45) is 92.3. The molecule has 1 unspecified atom stereocenters. The molecule has 0 aliphatic heterocycles. The molecule has 0 rings (SSSR count). The van der Waals surface area contributed by atoms with Gasteiger partial charge in [-0.05, 0) is 135 Å². The first-order valence-electron chi connectivity index (χ1n) is 30.1. The molecule has 0 amide bonds. The quantitative estimate of drug-likeness (QED) is 0.0261. The summed E-state index contributed by atoms with van der Waals surface area (Å²) in [5.74, 6) is -0.993. The summed E-state index contributed by atoms with van der Waals surface area (Å²) in [4.78, 5) is 38.0. The Morgan fingerprint density at radius 3 is 0.829 bits per heavy atom. The predicted molar refractivity (Wildman–Crippen MR) is 329 cm³/mol. The third kappa shape index (κ3) is 59.6. The second-order valence-corrected chi connectivity index (χ2v) is 19.1. The van der Waals surface area contributed by atoms with Crippen LogP contribution >= 0.6 is 0 Å². The summed E-state index contributed by atoms with van der Waals surface area (Å²) in [7, 11) is 0. The highest BCUT2D eigenvalue weighted by Gasteiger charge is 2.19. The predicted octanol–water partition coefficient (Wildman–Crippen LogP) is 20.7. The largest absolute Gasteiger partial charge is 0.462 e. The highest BCUT2D eigenvalue weighted by molar-refractivity contribution is 5.71. The van der Waals surface area contributed by atoms with Crippen LogP contribution in [0.2, 0.25) is 0 Å². The Morgan fingerprint density at radius 1 is 0.276 bits per heavy atom. The molecule has 1 atom stereocenters. The van der Waals surface area contributed by atoms with Crippen molar-refractivity contribution in [3.8, 4) is 0 Å². The van der Waals surface area contributed by atoms with E-state index in [9.17, 15) is 14.4 Å². The molecule has 0 bridgehead atoms. The Kier molecular flexibility index (Phi) is 58.0. The molecule has 0 saturated carbocycles. The first-order chi connectivity index (χ1) is 37.5. The fourth-order valence-electron chi connectivity index (χ4n) is 7.52. The van der Waals surface area contributed by atoms with Gasteiger partial charge >= 0.3 is 17.9 Å². The van der Waals surface area contributed by atoms with Crippen LogP contribution in [0.15, 0.2) is 170 Å². The van der Waals surface area contributed by atoms with Gasteiger partial charge in [0.05, 0.1) is 0 Å². The summed E-state index contributed by atoms with van der Waals surface area (Å²) in [5, 5.41) is 0. The smallest absolute Gasteiger partial charge is 0.306 e. The van der Waals surface area contributed by atoms with Crippen LogP contribution in [0.1, 0.15) is 233 Å². The van der Waals surface area contributed by atoms with Gasteiger partial charge < -0.3 is 14.2 Å². The minimum Gasteiger partial charge on any atom is -0.462 e. The molecule has 0 fully saturated rings. The van der Waals surface area contributed by atoms with Crippen LogP contribution in [0.25, 0.3) is 0 Å². The van der Waals surface area contributed by atoms with E-state index in [4.69, 9.17) is 14.2 Å². The number of hydrogen-bond acceptors (Lipinski definition) is 6. The summed E-state index contributed by atoms with van der Waals surface area (Å²) < 4.78 is 16.7. The maximum atomic E-state index is 12.8. The van der Waals surface area contributed by atoms with Gasteiger partial charge in [-0.3, -0.25) is 14.4 Å². The van der Waals surface area contributed by atoms with Gasteiger partial charge in [-0.15, -0.1) is 0 Å². The van der Waals surface area contributed by atoms with Gasteiger partial charge in [0.15, 0.2) is 6.10 Å². The van der Waals surface area contributed by atoms with Crippen LogP contribution in [0.5, 0.6) is 0 Å². The van der Waals surface area contributed by atoms with Gasteiger partial charge in [-0.1, -0.05) is 249 Å². The lowest BCUT2D eigenvalue weighted by Gasteiger charge is -2.18. The first-order valence-corrected chi connectivity index (χ1v) is 30.1. The van der Waals surface area contributed by atoms with Gasteiger partial charge in [-0.25, -0.2) is 0 Å². The van der Waals surface area contributed by atoms with E-state index in [-0.39, 0.29) is 44.0 Å². The molecule has 0 radical (unpaired) electrons. The van der Waals surface area contributed by atoms with Crippen LogP contribution < -0.4 is 0 Å².